The van der Waals surface area contributed by atoms with Gasteiger partial charge in [-0.3, -0.25) is 0 Å². The summed E-state index contributed by atoms with van der Waals surface area (Å²) in [6.45, 7) is 3.36. The fraction of sp³-hybridized carbons (Fsp3) is 0.143. The van der Waals surface area contributed by atoms with Gasteiger partial charge in [0.2, 0.25) is 9.93 Å². The number of hydrogen-bond donors (Lipinski definition) is 0. The minimum absolute atomic E-state index is 0.261. The number of hydrogen-bond acceptors (Lipinski definition) is 6. The zero-order valence-electron chi connectivity index (χ0n) is 15.2. The molecule has 0 bridgehead atoms. The summed E-state index contributed by atoms with van der Waals surface area (Å²) in [5, 5.41) is 0.934. The van der Waals surface area contributed by atoms with Gasteiger partial charge in [0.1, 0.15) is 23.9 Å². The van der Waals surface area contributed by atoms with Crippen LogP contribution >= 0.6 is 20.7 Å². The molecule has 0 aliphatic rings. The summed E-state index contributed by atoms with van der Waals surface area (Å²) in [5.41, 5.74) is 1.96. The van der Waals surface area contributed by atoms with Gasteiger partial charge in [-0.2, -0.15) is 4.98 Å². The molecule has 7 heteroatoms. The SMILES string of the molecule is CCN(c1ccccc1)c1nc(=NCc2ccc(-c3ccc(F)cc3)o2)ss1. The van der Waals surface area contributed by atoms with Crippen LogP contribution in [0.2, 0.25) is 0 Å². The van der Waals surface area contributed by atoms with Crippen LogP contribution in [0.5, 0.6) is 0 Å². The summed E-state index contributed by atoms with van der Waals surface area (Å²) < 4.78 is 18.9. The van der Waals surface area contributed by atoms with E-state index in [1.54, 1.807) is 32.8 Å². The first-order chi connectivity index (χ1) is 13.7. The number of nitrogens with zero attached hydrogens (tertiary/aromatic N) is 3. The van der Waals surface area contributed by atoms with Crippen molar-refractivity contribution in [1.29, 1.82) is 0 Å². The van der Waals surface area contributed by atoms with Crippen molar-refractivity contribution >= 4 is 31.5 Å². The smallest absolute Gasteiger partial charge is 0.217 e. The van der Waals surface area contributed by atoms with Crippen molar-refractivity contribution in [3.63, 3.8) is 0 Å². The van der Waals surface area contributed by atoms with Crippen LogP contribution in [-0.4, -0.2) is 11.5 Å². The first kappa shape index (κ1) is 18.6. The van der Waals surface area contributed by atoms with Crippen LogP contribution in [0.15, 0.2) is 76.1 Å². The predicted octanol–water partition coefficient (Wildman–Crippen LogP) is 5.86. The Labute approximate surface area is 169 Å². The second kappa shape index (κ2) is 8.50. The monoisotopic (exact) mass is 411 g/mol. The zero-order valence-corrected chi connectivity index (χ0v) is 16.8. The van der Waals surface area contributed by atoms with E-state index in [4.69, 9.17) is 4.42 Å². The lowest BCUT2D eigenvalue weighted by atomic mass is 10.2. The zero-order chi connectivity index (χ0) is 19.3. The van der Waals surface area contributed by atoms with Gasteiger partial charge in [-0.25, -0.2) is 9.38 Å². The van der Waals surface area contributed by atoms with Gasteiger partial charge in [0, 0.05) is 17.8 Å². The Balaban J connectivity index is 1.49. The van der Waals surface area contributed by atoms with Crippen molar-refractivity contribution in [1.82, 2.24) is 4.98 Å². The van der Waals surface area contributed by atoms with E-state index in [-0.39, 0.29) is 5.82 Å². The highest BCUT2D eigenvalue weighted by molar-refractivity contribution is 7.69. The minimum Gasteiger partial charge on any atom is -0.459 e. The highest BCUT2D eigenvalue weighted by Crippen LogP contribution is 2.27. The van der Waals surface area contributed by atoms with Gasteiger partial charge in [-0.1, -0.05) is 18.2 Å². The highest BCUT2D eigenvalue weighted by Gasteiger charge is 2.11. The molecule has 4 aromatic rings. The Morgan fingerprint density at radius 2 is 1.79 bits per heavy atom. The molecule has 4 rings (SSSR count). The molecule has 0 unspecified atom stereocenters. The number of benzene rings is 2. The Morgan fingerprint density at radius 3 is 2.54 bits per heavy atom. The molecule has 0 saturated heterocycles. The number of aromatic nitrogens is 1. The molecule has 2 heterocycles. The van der Waals surface area contributed by atoms with Gasteiger partial charge in [0.15, 0.2) is 0 Å². The third-order valence-corrected chi connectivity index (χ3v) is 6.22. The van der Waals surface area contributed by atoms with Gasteiger partial charge in [-0.05, 0) is 76.1 Å². The van der Waals surface area contributed by atoms with Crippen LogP contribution in [0.3, 0.4) is 0 Å². The molecule has 0 aliphatic heterocycles. The first-order valence-corrected chi connectivity index (χ1v) is 11.0. The van der Waals surface area contributed by atoms with Crippen LogP contribution in [0, 0.1) is 5.82 Å². The number of halogens is 1. The molecule has 0 atom stereocenters. The molecule has 0 N–H and O–H groups in total. The third-order valence-electron chi connectivity index (χ3n) is 4.16. The van der Waals surface area contributed by atoms with Gasteiger partial charge in [-0.15, -0.1) is 0 Å². The molecule has 0 fully saturated rings. The van der Waals surface area contributed by atoms with Gasteiger partial charge in [0.25, 0.3) is 0 Å². The molecule has 0 saturated carbocycles. The van der Waals surface area contributed by atoms with E-state index in [9.17, 15) is 4.39 Å². The van der Waals surface area contributed by atoms with Gasteiger partial charge >= 0.3 is 0 Å². The van der Waals surface area contributed by atoms with Crippen molar-refractivity contribution in [3.05, 3.63) is 83.1 Å². The number of anilines is 2. The van der Waals surface area contributed by atoms with E-state index in [0.717, 1.165) is 33.5 Å². The van der Waals surface area contributed by atoms with Crippen molar-refractivity contribution < 1.29 is 8.81 Å². The molecule has 142 valence electrons. The average molecular weight is 412 g/mol. The molecule has 0 spiro atoms. The molecule has 0 aliphatic carbocycles. The summed E-state index contributed by atoms with van der Waals surface area (Å²) in [6.07, 6.45) is 0. The predicted molar refractivity (Wildman–Crippen MR) is 112 cm³/mol. The van der Waals surface area contributed by atoms with Crippen molar-refractivity contribution in [3.8, 4) is 11.3 Å². The van der Waals surface area contributed by atoms with Crippen LogP contribution in [-0.2, 0) is 6.54 Å². The van der Waals surface area contributed by atoms with Crippen LogP contribution in [0.25, 0.3) is 11.3 Å². The van der Waals surface area contributed by atoms with Gasteiger partial charge < -0.3 is 9.32 Å². The summed E-state index contributed by atoms with van der Waals surface area (Å²) in [4.78, 5) is 12.1. The summed E-state index contributed by atoms with van der Waals surface area (Å²) in [7, 11) is 3.16. The Kier molecular flexibility index (Phi) is 5.64. The van der Waals surface area contributed by atoms with E-state index in [1.165, 1.54) is 12.1 Å². The maximum Gasteiger partial charge on any atom is 0.217 e. The lowest BCUT2D eigenvalue weighted by molar-refractivity contribution is 0.523. The molecule has 28 heavy (non-hydrogen) atoms. The quantitative estimate of drug-likeness (QED) is 0.373. The third kappa shape index (κ3) is 4.21. The van der Waals surface area contributed by atoms with Crippen molar-refractivity contribution in [2.24, 2.45) is 4.99 Å². The fourth-order valence-electron chi connectivity index (χ4n) is 2.77. The van der Waals surface area contributed by atoms with Crippen LogP contribution in [0.1, 0.15) is 12.7 Å². The Bertz CT molecular complexity index is 1100. The van der Waals surface area contributed by atoms with E-state index in [1.807, 2.05) is 30.3 Å². The second-order valence-corrected chi connectivity index (χ2v) is 8.08. The maximum atomic E-state index is 13.1. The highest BCUT2D eigenvalue weighted by atomic mass is 32.9. The molecule has 0 amide bonds. The average Bonchev–Trinajstić information content (AvgIpc) is 3.38. The summed E-state index contributed by atoms with van der Waals surface area (Å²) in [6, 6.07) is 20.2. The standard InChI is InChI=1S/C21H18FN3OS2/c1-2-25(17-6-4-3-5-7-17)21-24-20(27-28-21)23-14-18-12-13-19(26-18)15-8-10-16(22)11-9-15/h3-13H,2,14H2,1H3. The number of para-hydroxylation sites is 1. The van der Waals surface area contributed by atoms with Crippen LogP contribution < -0.4 is 9.70 Å². The molecular weight excluding hydrogens is 393 g/mol. The molecule has 2 aromatic heterocycles. The molecule has 2 aromatic carbocycles. The van der Waals surface area contributed by atoms with E-state index in [0.29, 0.717) is 12.3 Å². The van der Waals surface area contributed by atoms with Gasteiger partial charge in [0.05, 0.1) is 0 Å². The largest absolute Gasteiger partial charge is 0.459 e. The van der Waals surface area contributed by atoms with E-state index in [2.05, 4.69) is 33.9 Å². The Morgan fingerprint density at radius 1 is 1.00 bits per heavy atom. The lowest BCUT2D eigenvalue weighted by Crippen LogP contribution is -2.16. The topological polar surface area (TPSA) is 41.6 Å². The van der Waals surface area contributed by atoms with Crippen molar-refractivity contribution in [2.45, 2.75) is 13.5 Å². The first-order valence-electron chi connectivity index (χ1n) is 8.88. The van der Waals surface area contributed by atoms with E-state index < -0.39 is 0 Å². The normalized spacial score (nSPS) is 11.7. The summed E-state index contributed by atoms with van der Waals surface area (Å²) >= 11 is 0. The molecule has 4 nitrogen and oxygen atoms in total. The summed E-state index contributed by atoms with van der Waals surface area (Å²) in [5.74, 6) is 1.19. The fourth-order valence-corrected chi connectivity index (χ4v) is 4.77. The maximum absolute atomic E-state index is 13.1. The Hall–Kier alpha value is -2.77. The molecule has 0 radical (unpaired) electrons. The number of rotatable bonds is 6. The van der Waals surface area contributed by atoms with Crippen LogP contribution in [0.4, 0.5) is 15.2 Å². The van der Waals surface area contributed by atoms with Crippen molar-refractivity contribution in [2.75, 3.05) is 11.4 Å². The number of furan rings is 1. The lowest BCUT2D eigenvalue weighted by Gasteiger charge is -2.18. The second-order valence-electron chi connectivity index (χ2n) is 6.01. The molecular formula is C21H18FN3OS2. The van der Waals surface area contributed by atoms with E-state index >= 15 is 0 Å². The minimum atomic E-state index is -0.261.